The molecule has 4 rings (SSSR count). The van der Waals surface area contributed by atoms with Crippen molar-refractivity contribution in [2.24, 2.45) is 0 Å². The van der Waals surface area contributed by atoms with Crippen LogP contribution >= 0.6 is 0 Å². The normalized spacial score (nSPS) is 19.0. The van der Waals surface area contributed by atoms with E-state index in [0.717, 1.165) is 36.1 Å². The maximum Gasteiger partial charge on any atom is 0.183 e. The molecule has 3 heterocycles. The molecule has 1 fully saturated rings. The Morgan fingerprint density at radius 2 is 2.04 bits per heavy atom. The lowest BCUT2D eigenvalue weighted by atomic mass is 10.0. The van der Waals surface area contributed by atoms with Crippen molar-refractivity contribution in [2.45, 2.75) is 25.5 Å². The summed E-state index contributed by atoms with van der Waals surface area (Å²) in [6.07, 6.45) is 3.41. The number of halogens is 1. The van der Waals surface area contributed by atoms with Crippen molar-refractivity contribution in [1.82, 2.24) is 24.9 Å². The highest BCUT2D eigenvalue weighted by atomic mass is 19.1. The number of rotatable bonds is 3. The SMILES string of the molecule is OC1CCCN(Cc2cc(-c3ccc(F)cc3)cn3nnnc23)C1. The molecule has 7 heteroatoms. The van der Waals surface area contributed by atoms with Gasteiger partial charge < -0.3 is 5.11 Å². The lowest BCUT2D eigenvalue weighted by Gasteiger charge is -2.30. The molecule has 1 atom stereocenters. The first-order chi connectivity index (χ1) is 11.7. The fourth-order valence-electron chi connectivity index (χ4n) is 3.25. The number of fused-ring (bicyclic) bond motifs is 1. The van der Waals surface area contributed by atoms with Crippen molar-refractivity contribution in [3.8, 4) is 11.1 Å². The molecule has 1 aliphatic heterocycles. The lowest BCUT2D eigenvalue weighted by Crippen LogP contribution is -2.37. The van der Waals surface area contributed by atoms with E-state index in [9.17, 15) is 9.50 Å². The number of hydrogen-bond acceptors (Lipinski definition) is 5. The molecule has 1 unspecified atom stereocenters. The van der Waals surface area contributed by atoms with Crippen molar-refractivity contribution >= 4 is 5.65 Å². The monoisotopic (exact) mass is 327 g/mol. The Bertz CT molecular complexity index is 848. The molecule has 2 aromatic heterocycles. The van der Waals surface area contributed by atoms with Crippen molar-refractivity contribution < 1.29 is 9.50 Å². The summed E-state index contributed by atoms with van der Waals surface area (Å²) in [6, 6.07) is 8.42. The van der Waals surface area contributed by atoms with Gasteiger partial charge in [0.05, 0.1) is 6.10 Å². The average Bonchev–Trinajstić information content (AvgIpc) is 3.04. The summed E-state index contributed by atoms with van der Waals surface area (Å²) in [7, 11) is 0. The van der Waals surface area contributed by atoms with Gasteiger partial charge in [-0.25, -0.2) is 4.39 Å². The highest BCUT2D eigenvalue weighted by molar-refractivity contribution is 5.66. The van der Waals surface area contributed by atoms with Crippen LogP contribution in [0.25, 0.3) is 16.8 Å². The van der Waals surface area contributed by atoms with E-state index in [1.165, 1.54) is 12.1 Å². The number of hydrogen-bond donors (Lipinski definition) is 1. The Balaban J connectivity index is 1.71. The van der Waals surface area contributed by atoms with Crippen LogP contribution in [0.5, 0.6) is 0 Å². The predicted molar refractivity (Wildman–Crippen MR) is 86.7 cm³/mol. The van der Waals surface area contributed by atoms with Crippen molar-refractivity contribution in [1.29, 1.82) is 0 Å². The first-order valence-corrected chi connectivity index (χ1v) is 8.06. The molecule has 0 bridgehead atoms. The highest BCUT2D eigenvalue weighted by Gasteiger charge is 2.19. The maximum atomic E-state index is 13.2. The number of β-amino-alcohol motifs (C(OH)–C–C–N with tert-alkyl or cyclic N) is 1. The van der Waals surface area contributed by atoms with E-state index < -0.39 is 0 Å². The minimum atomic E-state index is -0.272. The molecule has 1 aliphatic rings. The standard InChI is InChI=1S/C17H18FN5O/c18-15-5-3-12(4-6-15)13-8-14(17-19-20-21-23(17)10-13)9-22-7-1-2-16(24)11-22/h3-6,8,10,16,24H,1-2,7,9,11H2. The predicted octanol–water partition coefficient (Wildman–Crippen LogP) is 1.89. The van der Waals surface area contributed by atoms with Gasteiger partial charge in [-0.2, -0.15) is 4.52 Å². The van der Waals surface area contributed by atoms with Crippen LogP contribution in [-0.4, -0.2) is 49.2 Å². The van der Waals surface area contributed by atoms with E-state index in [1.807, 2.05) is 12.3 Å². The van der Waals surface area contributed by atoms with Crippen LogP contribution in [0.4, 0.5) is 4.39 Å². The number of nitrogens with zero attached hydrogens (tertiary/aromatic N) is 5. The summed E-state index contributed by atoms with van der Waals surface area (Å²) in [6.45, 7) is 2.29. The van der Waals surface area contributed by atoms with Crippen molar-refractivity contribution in [3.05, 3.63) is 47.9 Å². The van der Waals surface area contributed by atoms with Crippen molar-refractivity contribution in [2.75, 3.05) is 13.1 Å². The van der Waals surface area contributed by atoms with Gasteiger partial charge in [-0.1, -0.05) is 12.1 Å². The van der Waals surface area contributed by atoms with Gasteiger partial charge in [0.1, 0.15) is 5.82 Å². The zero-order valence-electron chi connectivity index (χ0n) is 13.1. The quantitative estimate of drug-likeness (QED) is 0.796. The molecular weight excluding hydrogens is 309 g/mol. The van der Waals surface area contributed by atoms with Gasteiger partial charge in [-0.05, 0) is 53.6 Å². The van der Waals surface area contributed by atoms with E-state index in [0.29, 0.717) is 18.7 Å². The smallest absolute Gasteiger partial charge is 0.183 e. The molecule has 0 amide bonds. The van der Waals surface area contributed by atoms with Gasteiger partial charge in [0.2, 0.25) is 0 Å². The van der Waals surface area contributed by atoms with Crippen LogP contribution < -0.4 is 0 Å². The summed E-state index contributed by atoms with van der Waals surface area (Å²) in [5.41, 5.74) is 3.55. The van der Waals surface area contributed by atoms with Crippen LogP contribution in [0.1, 0.15) is 18.4 Å². The second-order valence-electron chi connectivity index (χ2n) is 6.24. The molecule has 124 valence electrons. The molecule has 3 aromatic rings. The molecule has 1 saturated heterocycles. The summed E-state index contributed by atoms with van der Waals surface area (Å²) < 4.78 is 14.8. The molecule has 0 saturated carbocycles. The lowest BCUT2D eigenvalue weighted by molar-refractivity contribution is 0.0670. The van der Waals surface area contributed by atoms with E-state index in [-0.39, 0.29) is 11.9 Å². The summed E-state index contributed by atoms with van der Waals surface area (Å²) >= 11 is 0. The summed E-state index contributed by atoms with van der Waals surface area (Å²) in [5.74, 6) is -0.259. The minimum absolute atomic E-state index is 0.259. The van der Waals surface area contributed by atoms with Crippen LogP contribution in [0.3, 0.4) is 0 Å². The van der Waals surface area contributed by atoms with Gasteiger partial charge in [0, 0.05) is 30.4 Å². The van der Waals surface area contributed by atoms with Crippen LogP contribution in [-0.2, 0) is 6.54 Å². The Morgan fingerprint density at radius 1 is 1.21 bits per heavy atom. The van der Waals surface area contributed by atoms with E-state index in [1.54, 1.807) is 16.6 Å². The number of piperidine rings is 1. The summed E-state index contributed by atoms with van der Waals surface area (Å²) in [4.78, 5) is 2.21. The zero-order chi connectivity index (χ0) is 16.5. The van der Waals surface area contributed by atoms with Crippen LogP contribution in [0.2, 0.25) is 0 Å². The van der Waals surface area contributed by atoms with Gasteiger partial charge in [-0.3, -0.25) is 4.90 Å². The van der Waals surface area contributed by atoms with Gasteiger partial charge in [0.15, 0.2) is 5.65 Å². The van der Waals surface area contributed by atoms with E-state index in [4.69, 9.17) is 0 Å². The fourth-order valence-corrected chi connectivity index (χ4v) is 3.25. The first-order valence-electron chi connectivity index (χ1n) is 8.06. The second-order valence-corrected chi connectivity index (χ2v) is 6.24. The first kappa shape index (κ1) is 15.2. The molecular formula is C17H18FN5O. The van der Waals surface area contributed by atoms with E-state index in [2.05, 4.69) is 20.4 Å². The maximum absolute atomic E-state index is 13.2. The number of benzene rings is 1. The second kappa shape index (κ2) is 6.26. The molecule has 1 N–H and O–H groups in total. The highest BCUT2D eigenvalue weighted by Crippen LogP contribution is 2.24. The fraction of sp³-hybridized carbons (Fsp3) is 0.353. The Kier molecular flexibility index (Phi) is 3.95. The molecule has 0 aliphatic carbocycles. The number of likely N-dealkylation sites (tertiary alicyclic amines) is 1. The summed E-state index contributed by atoms with van der Waals surface area (Å²) in [5, 5.41) is 21.7. The largest absolute Gasteiger partial charge is 0.392 e. The molecule has 1 aromatic carbocycles. The van der Waals surface area contributed by atoms with Crippen molar-refractivity contribution in [3.63, 3.8) is 0 Å². The third kappa shape index (κ3) is 3.00. The van der Waals surface area contributed by atoms with Gasteiger partial charge in [-0.15, -0.1) is 5.10 Å². The number of aliphatic hydroxyl groups is 1. The molecule has 24 heavy (non-hydrogen) atoms. The molecule has 0 radical (unpaired) electrons. The van der Waals surface area contributed by atoms with Gasteiger partial charge >= 0.3 is 0 Å². The van der Waals surface area contributed by atoms with Gasteiger partial charge in [0.25, 0.3) is 0 Å². The number of tetrazole rings is 1. The average molecular weight is 327 g/mol. The topological polar surface area (TPSA) is 66.5 Å². The van der Waals surface area contributed by atoms with Crippen LogP contribution in [0.15, 0.2) is 36.5 Å². The Labute approximate surface area is 138 Å². The Hall–Kier alpha value is -2.38. The Morgan fingerprint density at radius 3 is 2.83 bits per heavy atom. The zero-order valence-corrected chi connectivity index (χ0v) is 13.1. The van der Waals surface area contributed by atoms with Crippen LogP contribution in [0, 0.1) is 5.82 Å². The third-order valence-electron chi connectivity index (χ3n) is 4.42. The van der Waals surface area contributed by atoms with E-state index >= 15 is 0 Å². The number of aromatic nitrogens is 4. The number of pyridine rings is 1. The molecule has 6 nitrogen and oxygen atoms in total. The number of aliphatic hydroxyl groups excluding tert-OH is 1. The minimum Gasteiger partial charge on any atom is -0.392 e. The third-order valence-corrected chi connectivity index (χ3v) is 4.42. The molecule has 0 spiro atoms.